The Hall–Kier alpha value is -0.180. The fourth-order valence-corrected chi connectivity index (χ4v) is 1.09. The maximum atomic E-state index is 12.2. The zero-order valence-electron chi connectivity index (χ0n) is 6.23. The lowest BCUT2D eigenvalue weighted by atomic mass is 9.91. The summed E-state index contributed by atoms with van der Waals surface area (Å²) in [4.78, 5) is 0. The summed E-state index contributed by atoms with van der Waals surface area (Å²) in [7, 11) is 0. The molecule has 0 bridgehead atoms. The minimum Gasteiger partial charge on any atom is -0.375 e. The monoisotopic (exact) mass is 150 g/mol. The molecule has 0 amide bonds. The molecule has 60 valence electrons. The molecule has 0 aromatic rings. The molecule has 0 aliphatic heterocycles. The van der Waals surface area contributed by atoms with Gasteiger partial charge in [-0.25, -0.2) is 8.78 Å². The van der Waals surface area contributed by atoms with E-state index in [-0.39, 0.29) is 25.0 Å². The highest BCUT2D eigenvalue weighted by Gasteiger charge is 2.46. The number of hydrogen-bond donors (Lipinski definition) is 0. The van der Waals surface area contributed by atoms with Crippen molar-refractivity contribution in [2.75, 3.05) is 0 Å². The van der Waals surface area contributed by atoms with Gasteiger partial charge < -0.3 is 4.74 Å². The average molecular weight is 150 g/mol. The Morgan fingerprint density at radius 3 is 2.20 bits per heavy atom. The molecule has 1 aliphatic carbocycles. The second kappa shape index (κ2) is 2.46. The van der Waals surface area contributed by atoms with Gasteiger partial charge in [-0.3, -0.25) is 0 Å². The first kappa shape index (κ1) is 7.92. The standard InChI is InChI=1S/C7H12F2O/c1-5(2)10-6-3-7(8,9)4-6/h5-6H,3-4H2,1-2H3. The highest BCUT2D eigenvalue weighted by atomic mass is 19.3. The molecule has 0 radical (unpaired) electrons. The molecule has 1 nitrogen and oxygen atoms in total. The van der Waals surface area contributed by atoms with Crippen LogP contribution in [-0.2, 0) is 4.74 Å². The summed E-state index contributed by atoms with van der Waals surface area (Å²) < 4.78 is 29.5. The van der Waals surface area contributed by atoms with Crippen molar-refractivity contribution >= 4 is 0 Å². The molecule has 3 heteroatoms. The Kier molecular flexibility index (Phi) is 1.95. The summed E-state index contributed by atoms with van der Waals surface area (Å²) in [6.07, 6.45) is -0.313. The number of alkyl halides is 2. The van der Waals surface area contributed by atoms with Gasteiger partial charge in [0.05, 0.1) is 12.2 Å². The summed E-state index contributed by atoms with van der Waals surface area (Å²) in [6.45, 7) is 3.72. The Balaban J connectivity index is 2.15. The summed E-state index contributed by atoms with van der Waals surface area (Å²) in [6, 6.07) is 0. The van der Waals surface area contributed by atoms with Crippen LogP contribution < -0.4 is 0 Å². The van der Waals surface area contributed by atoms with Crippen LogP contribution in [-0.4, -0.2) is 18.1 Å². The van der Waals surface area contributed by atoms with E-state index in [2.05, 4.69) is 0 Å². The van der Waals surface area contributed by atoms with E-state index >= 15 is 0 Å². The molecular weight excluding hydrogens is 138 g/mol. The van der Waals surface area contributed by atoms with Gasteiger partial charge in [0.25, 0.3) is 5.92 Å². The molecule has 0 aromatic carbocycles. The lowest BCUT2D eigenvalue weighted by molar-refractivity contribution is -0.176. The predicted molar refractivity (Wildman–Crippen MR) is 34.2 cm³/mol. The Bertz CT molecular complexity index is 112. The van der Waals surface area contributed by atoms with Crippen LogP contribution in [0.1, 0.15) is 26.7 Å². The van der Waals surface area contributed by atoms with E-state index in [9.17, 15) is 8.78 Å². The van der Waals surface area contributed by atoms with Gasteiger partial charge in [-0.05, 0) is 13.8 Å². The largest absolute Gasteiger partial charge is 0.375 e. The molecule has 1 fully saturated rings. The van der Waals surface area contributed by atoms with Crippen LogP contribution in [0.3, 0.4) is 0 Å². The smallest absolute Gasteiger partial charge is 0.253 e. The lowest BCUT2D eigenvalue weighted by Crippen LogP contribution is -2.42. The summed E-state index contributed by atoms with van der Waals surface area (Å²) >= 11 is 0. The number of halogens is 2. The van der Waals surface area contributed by atoms with E-state index in [1.807, 2.05) is 13.8 Å². The van der Waals surface area contributed by atoms with Crippen LogP contribution in [0.5, 0.6) is 0 Å². The van der Waals surface area contributed by atoms with Gasteiger partial charge in [0, 0.05) is 12.8 Å². The third kappa shape index (κ3) is 1.90. The van der Waals surface area contributed by atoms with Crippen molar-refractivity contribution in [3.8, 4) is 0 Å². The maximum absolute atomic E-state index is 12.2. The van der Waals surface area contributed by atoms with Crippen LogP contribution in [0, 0.1) is 0 Å². The Morgan fingerprint density at radius 1 is 1.40 bits per heavy atom. The molecule has 0 saturated heterocycles. The normalized spacial score (nSPS) is 24.9. The van der Waals surface area contributed by atoms with Gasteiger partial charge in [0.2, 0.25) is 0 Å². The van der Waals surface area contributed by atoms with Gasteiger partial charge in [0.15, 0.2) is 0 Å². The summed E-state index contributed by atoms with van der Waals surface area (Å²) in [5, 5.41) is 0. The molecule has 0 spiro atoms. The van der Waals surface area contributed by atoms with Crippen molar-refractivity contribution in [1.29, 1.82) is 0 Å². The average Bonchev–Trinajstić information content (AvgIpc) is 1.57. The maximum Gasteiger partial charge on any atom is 0.253 e. The first-order valence-corrected chi connectivity index (χ1v) is 3.53. The van der Waals surface area contributed by atoms with Crippen molar-refractivity contribution in [1.82, 2.24) is 0 Å². The van der Waals surface area contributed by atoms with E-state index < -0.39 is 5.92 Å². The van der Waals surface area contributed by atoms with Crippen molar-refractivity contribution < 1.29 is 13.5 Å². The minimum atomic E-state index is -2.44. The van der Waals surface area contributed by atoms with Gasteiger partial charge in [-0.1, -0.05) is 0 Å². The minimum absolute atomic E-state index is 0.0705. The zero-order valence-corrected chi connectivity index (χ0v) is 6.23. The third-order valence-electron chi connectivity index (χ3n) is 1.52. The summed E-state index contributed by atoms with van der Waals surface area (Å²) in [5.41, 5.74) is 0. The fourth-order valence-electron chi connectivity index (χ4n) is 1.09. The van der Waals surface area contributed by atoms with Crippen LogP contribution in [0.2, 0.25) is 0 Å². The van der Waals surface area contributed by atoms with Crippen LogP contribution in [0.15, 0.2) is 0 Å². The molecule has 0 unspecified atom stereocenters. The second-order valence-corrected chi connectivity index (χ2v) is 3.07. The summed E-state index contributed by atoms with van der Waals surface area (Å²) in [5.74, 6) is -2.44. The highest BCUT2D eigenvalue weighted by Crippen LogP contribution is 2.39. The Labute approximate surface area is 59.4 Å². The van der Waals surface area contributed by atoms with E-state index in [0.29, 0.717) is 0 Å². The van der Waals surface area contributed by atoms with Crippen LogP contribution >= 0.6 is 0 Å². The SMILES string of the molecule is CC(C)OC1CC(F)(F)C1. The number of rotatable bonds is 2. The molecule has 1 saturated carbocycles. The number of ether oxygens (including phenoxy) is 1. The van der Waals surface area contributed by atoms with Crippen molar-refractivity contribution in [3.05, 3.63) is 0 Å². The van der Waals surface area contributed by atoms with Crippen LogP contribution in [0.4, 0.5) is 8.78 Å². The second-order valence-electron chi connectivity index (χ2n) is 3.07. The molecular formula is C7H12F2O. The predicted octanol–water partition coefficient (Wildman–Crippen LogP) is 2.21. The Morgan fingerprint density at radius 2 is 1.90 bits per heavy atom. The molecule has 0 heterocycles. The van der Waals surface area contributed by atoms with E-state index in [1.165, 1.54) is 0 Å². The van der Waals surface area contributed by atoms with Crippen molar-refractivity contribution in [2.24, 2.45) is 0 Å². The van der Waals surface area contributed by atoms with Crippen molar-refractivity contribution in [2.45, 2.75) is 44.8 Å². The van der Waals surface area contributed by atoms with E-state index in [1.54, 1.807) is 0 Å². The van der Waals surface area contributed by atoms with E-state index in [4.69, 9.17) is 4.74 Å². The zero-order chi connectivity index (χ0) is 7.78. The van der Waals surface area contributed by atoms with Crippen molar-refractivity contribution in [3.63, 3.8) is 0 Å². The first-order valence-electron chi connectivity index (χ1n) is 3.53. The topological polar surface area (TPSA) is 9.23 Å². The molecule has 0 N–H and O–H groups in total. The van der Waals surface area contributed by atoms with E-state index in [0.717, 1.165) is 0 Å². The quantitative estimate of drug-likeness (QED) is 0.586. The molecule has 1 aliphatic rings. The van der Waals surface area contributed by atoms with Gasteiger partial charge in [0.1, 0.15) is 0 Å². The first-order chi connectivity index (χ1) is 4.49. The lowest BCUT2D eigenvalue weighted by Gasteiger charge is -2.35. The van der Waals surface area contributed by atoms with Crippen LogP contribution in [0.25, 0.3) is 0 Å². The molecule has 0 aromatic heterocycles. The molecule has 10 heavy (non-hydrogen) atoms. The van der Waals surface area contributed by atoms with Gasteiger partial charge in [-0.2, -0.15) is 0 Å². The molecule has 0 atom stereocenters. The van der Waals surface area contributed by atoms with Gasteiger partial charge in [-0.15, -0.1) is 0 Å². The highest BCUT2D eigenvalue weighted by molar-refractivity contribution is 4.87. The third-order valence-corrected chi connectivity index (χ3v) is 1.52. The molecule has 1 rings (SSSR count). The fraction of sp³-hybridized carbons (Fsp3) is 1.00. The van der Waals surface area contributed by atoms with Gasteiger partial charge >= 0.3 is 0 Å². The number of hydrogen-bond acceptors (Lipinski definition) is 1.